The molecule has 8 heteroatoms. The van der Waals surface area contributed by atoms with Crippen molar-refractivity contribution in [2.24, 2.45) is 5.73 Å². The second-order valence-corrected chi connectivity index (χ2v) is 5.42. The maximum Gasteiger partial charge on any atom is 0.347 e. The van der Waals surface area contributed by atoms with Gasteiger partial charge in [-0.25, -0.2) is 9.59 Å². The lowest BCUT2D eigenvalue weighted by atomic mass is 10.1. The summed E-state index contributed by atoms with van der Waals surface area (Å²) in [6, 6.07) is -0.775. The van der Waals surface area contributed by atoms with E-state index in [1.807, 2.05) is 6.92 Å². The molecule has 0 fully saturated rings. The lowest BCUT2D eigenvalue weighted by Crippen LogP contribution is -2.38. The zero-order chi connectivity index (χ0) is 18.5. The Morgan fingerprint density at radius 2 is 1.50 bits per heavy atom. The third-order valence-corrected chi connectivity index (χ3v) is 3.20. The Bertz CT molecular complexity index is 400. The molecule has 140 valence electrons. The fraction of sp³-hybridized carbons (Fsp3) is 0.812. The molecule has 3 unspecified atom stereocenters. The monoisotopic (exact) mass is 347 g/mol. The van der Waals surface area contributed by atoms with E-state index in [-0.39, 0.29) is 13.2 Å². The maximum absolute atomic E-state index is 11.8. The smallest absolute Gasteiger partial charge is 0.347 e. The highest BCUT2D eigenvalue weighted by molar-refractivity contribution is 5.83. The summed E-state index contributed by atoms with van der Waals surface area (Å²) in [5, 5.41) is 0. The van der Waals surface area contributed by atoms with Gasteiger partial charge >= 0.3 is 17.9 Å². The van der Waals surface area contributed by atoms with E-state index >= 15 is 0 Å². The van der Waals surface area contributed by atoms with Gasteiger partial charge in [0.2, 0.25) is 0 Å². The predicted octanol–water partition coefficient (Wildman–Crippen LogP) is 0.947. The largest absolute Gasteiger partial charge is 0.461 e. The molecule has 0 aromatic heterocycles. The third kappa shape index (κ3) is 9.46. The van der Waals surface area contributed by atoms with Crippen molar-refractivity contribution in [1.29, 1.82) is 0 Å². The lowest BCUT2D eigenvalue weighted by Gasteiger charge is -2.18. The topological polar surface area (TPSA) is 114 Å². The molecule has 0 aromatic carbocycles. The Labute approximate surface area is 142 Å². The quantitative estimate of drug-likeness (QED) is 0.315. The molecule has 24 heavy (non-hydrogen) atoms. The highest BCUT2D eigenvalue weighted by atomic mass is 16.6. The van der Waals surface area contributed by atoms with Crippen molar-refractivity contribution in [2.45, 2.75) is 64.7 Å². The van der Waals surface area contributed by atoms with Crippen LogP contribution in [0.2, 0.25) is 0 Å². The summed E-state index contributed by atoms with van der Waals surface area (Å²) in [5.74, 6) is -2.19. The molecule has 0 radical (unpaired) electrons. The summed E-state index contributed by atoms with van der Waals surface area (Å²) in [4.78, 5) is 35.2. The lowest BCUT2D eigenvalue weighted by molar-refractivity contribution is -0.177. The molecular weight excluding hydrogens is 318 g/mol. The second-order valence-electron chi connectivity index (χ2n) is 5.42. The van der Waals surface area contributed by atoms with Crippen LogP contribution in [0.15, 0.2) is 0 Å². The van der Waals surface area contributed by atoms with Crippen molar-refractivity contribution < 1.29 is 33.3 Å². The van der Waals surface area contributed by atoms with Crippen LogP contribution >= 0.6 is 0 Å². The molecule has 0 aliphatic rings. The van der Waals surface area contributed by atoms with Gasteiger partial charge in [-0.05, 0) is 20.3 Å². The van der Waals surface area contributed by atoms with E-state index in [1.54, 1.807) is 0 Å². The van der Waals surface area contributed by atoms with Gasteiger partial charge in [-0.1, -0.05) is 26.2 Å². The highest BCUT2D eigenvalue weighted by Crippen LogP contribution is 2.06. The van der Waals surface area contributed by atoms with Gasteiger partial charge in [0.15, 0.2) is 12.2 Å². The number of carbonyl (C=O) groups is 3. The Hall–Kier alpha value is -1.67. The number of hydrogen-bond donors (Lipinski definition) is 1. The van der Waals surface area contributed by atoms with E-state index < -0.39 is 36.2 Å². The maximum atomic E-state index is 11.8. The Morgan fingerprint density at radius 3 is 2.08 bits per heavy atom. The molecule has 2 N–H and O–H groups in total. The molecule has 0 saturated carbocycles. The van der Waals surface area contributed by atoms with Crippen molar-refractivity contribution >= 4 is 17.9 Å². The van der Waals surface area contributed by atoms with Crippen LogP contribution in [0.1, 0.15) is 46.5 Å². The van der Waals surface area contributed by atoms with Crippen LogP contribution < -0.4 is 5.73 Å². The van der Waals surface area contributed by atoms with E-state index in [0.717, 1.165) is 19.3 Å². The summed E-state index contributed by atoms with van der Waals surface area (Å²) >= 11 is 0. The number of rotatable bonds is 12. The normalized spacial score (nSPS) is 14.4. The summed E-state index contributed by atoms with van der Waals surface area (Å²) in [5.41, 5.74) is 5.71. The van der Waals surface area contributed by atoms with Gasteiger partial charge in [0, 0.05) is 7.11 Å². The molecule has 0 spiro atoms. The minimum Gasteiger partial charge on any atom is -0.461 e. The molecule has 0 heterocycles. The SMILES string of the molecule is CCCCCC(N)C(=O)OC(C)C(=O)OC(C)C(=O)OCCOC. The van der Waals surface area contributed by atoms with Crippen LogP contribution in [-0.2, 0) is 33.3 Å². The van der Waals surface area contributed by atoms with Gasteiger partial charge < -0.3 is 24.7 Å². The van der Waals surface area contributed by atoms with E-state index in [9.17, 15) is 14.4 Å². The van der Waals surface area contributed by atoms with Crippen LogP contribution in [0.3, 0.4) is 0 Å². The van der Waals surface area contributed by atoms with E-state index in [2.05, 4.69) is 0 Å². The van der Waals surface area contributed by atoms with Gasteiger partial charge in [0.05, 0.1) is 6.61 Å². The summed E-state index contributed by atoms with van der Waals surface area (Å²) in [7, 11) is 1.47. The molecule has 8 nitrogen and oxygen atoms in total. The first-order chi connectivity index (χ1) is 11.3. The molecule has 0 aliphatic carbocycles. The molecule has 3 atom stereocenters. The standard InChI is InChI=1S/C16H29NO7/c1-5-6-7-8-13(17)16(20)24-12(3)15(19)23-11(2)14(18)22-10-9-21-4/h11-13H,5-10,17H2,1-4H3. The average molecular weight is 347 g/mol. The van der Waals surface area contributed by atoms with Gasteiger partial charge in [-0.2, -0.15) is 0 Å². The fourth-order valence-electron chi connectivity index (χ4n) is 1.70. The van der Waals surface area contributed by atoms with Gasteiger partial charge in [-0.3, -0.25) is 4.79 Å². The number of ether oxygens (including phenoxy) is 4. The minimum absolute atomic E-state index is 0.0639. The fourth-order valence-corrected chi connectivity index (χ4v) is 1.70. The highest BCUT2D eigenvalue weighted by Gasteiger charge is 2.27. The van der Waals surface area contributed by atoms with Crippen LogP contribution in [0.4, 0.5) is 0 Å². The Morgan fingerprint density at radius 1 is 0.917 bits per heavy atom. The number of esters is 3. The summed E-state index contributed by atoms with van der Waals surface area (Å²) in [6.45, 7) is 5.09. The second kappa shape index (κ2) is 12.7. The Kier molecular flexibility index (Phi) is 11.8. The average Bonchev–Trinajstić information content (AvgIpc) is 2.54. The molecular formula is C16H29NO7. The summed E-state index contributed by atoms with van der Waals surface area (Å²) < 4.78 is 19.5. The van der Waals surface area contributed by atoms with Crippen LogP contribution in [0, 0.1) is 0 Å². The molecule has 0 saturated heterocycles. The predicted molar refractivity (Wildman–Crippen MR) is 86.1 cm³/mol. The molecule has 0 amide bonds. The van der Waals surface area contributed by atoms with Gasteiger partial charge in [0.1, 0.15) is 12.6 Å². The first kappa shape index (κ1) is 22.3. The van der Waals surface area contributed by atoms with E-state index in [4.69, 9.17) is 24.7 Å². The van der Waals surface area contributed by atoms with Crippen molar-refractivity contribution in [3.63, 3.8) is 0 Å². The molecule has 0 aliphatic heterocycles. The van der Waals surface area contributed by atoms with Gasteiger partial charge in [0.25, 0.3) is 0 Å². The number of methoxy groups -OCH3 is 1. The van der Waals surface area contributed by atoms with Crippen molar-refractivity contribution in [1.82, 2.24) is 0 Å². The third-order valence-electron chi connectivity index (χ3n) is 3.20. The minimum atomic E-state index is -1.15. The first-order valence-electron chi connectivity index (χ1n) is 8.15. The number of carbonyl (C=O) groups excluding carboxylic acids is 3. The molecule has 0 rings (SSSR count). The van der Waals surface area contributed by atoms with Crippen LogP contribution in [0.25, 0.3) is 0 Å². The molecule has 0 bridgehead atoms. The zero-order valence-electron chi connectivity index (χ0n) is 14.9. The number of nitrogens with two attached hydrogens (primary N) is 1. The van der Waals surface area contributed by atoms with Crippen molar-refractivity contribution in [3.05, 3.63) is 0 Å². The number of unbranched alkanes of at least 4 members (excludes halogenated alkanes) is 2. The van der Waals surface area contributed by atoms with Crippen LogP contribution in [-0.4, -0.2) is 56.5 Å². The Balaban J connectivity index is 4.21. The van der Waals surface area contributed by atoms with E-state index in [0.29, 0.717) is 6.42 Å². The summed E-state index contributed by atoms with van der Waals surface area (Å²) in [6.07, 6.45) is 1.05. The van der Waals surface area contributed by atoms with Gasteiger partial charge in [-0.15, -0.1) is 0 Å². The van der Waals surface area contributed by atoms with E-state index in [1.165, 1.54) is 21.0 Å². The van der Waals surface area contributed by atoms with Crippen LogP contribution in [0.5, 0.6) is 0 Å². The van der Waals surface area contributed by atoms with Crippen molar-refractivity contribution in [2.75, 3.05) is 20.3 Å². The molecule has 0 aromatic rings. The van der Waals surface area contributed by atoms with Crippen molar-refractivity contribution in [3.8, 4) is 0 Å². The number of hydrogen-bond acceptors (Lipinski definition) is 8. The first-order valence-corrected chi connectivity index (χ1v) is 8.15. The zero-order valence-corrected chi connectivity index (χ0v) is 14.9.